The van der Waals surface area contributed by atoms with Crippen molar-refractivity contribution >= 4 is 5.97 Å². The Labute approximate surface area is 107 Å². The van der Waals surface area contributed by atoms with E-state index in [1.807, 2.05) is 0 Å². The largest absolute Gasteiger partial charge is 0.478 e. The molecule has 19 heavy (non-hydrogen) atoms. The van der Waals surface area contributed by atoms with Crippen molar-refractivity contribution in [3.8, 4) is 0 Å². The maximum Gasteiger partial charge on any atom is 0.336 e. The van der Waals surface area contributed by atoms with Crippen LogP contribution in [-0.4, -0.2) is 33.9 Å². The molecule has 1 aromatic carbocycles. The zero-order chi connectivity index (χ0) is 14.4. The average Bonchev–Trinajstić information content (AvgIpc) is 2.37. The van der Waals surface area contributed by atoms with Gasteiger partial charge in [0.1, 0.15) is 11.9 Å². The Bertz CT molecular complexity index is 517. The summed E-state index contributed by atoms with van der Waals surface area (Å²) in [4.78, 5) is 13.4. The molecule has 1 aromatic rings. The Morgan fingerprint density at radius 3 is 2.74 bits per heavy atom. The smallest absolute Gasteiger partial charge is 0.336 e. The number of halogens is 1. The molecule has 1 rings (SSSR count). The van der Waals surface area contributed by atoms with Gasteiger partial charge in [-0.25, -0.2) is 9.18 Å². The number of aliphatic hydroxyl groups excluding tert-OH is 2. The Kier molecular flexibility index (Phi) is 5.25. The Morgan fingerprint density at radius 1 is 1.47 bits per heavy atom. The lowest BCUT2D eigenvalue weighted by atomic mass is 9.96. The summed E-state index contributed by atoms with van der Waals surface area (Å²) >= 11 is 0. The van der Waals surface area contributed by atoms with Gasteiger partial charge in [-0.15, -0.1) is 0 Å². The normalized spacial score (nSPS) is 13.4. The minimum atomic E-state index is -1.71. The molecule has 3 N–H and O–H groups in total. The van der Waals surface area contributed by atoms with Gasteiger partial charge < -0.3 is 15.3 Å². The number of rotatable bonds is 6. The van der Waals surface area contributed by atoms with E-state index < -0.39 is 35.1 Å². The van der Waals surface area contributed by atoms with Gasteiger partial charge in [0.25, 0.3) is 0 Å². The Balaban J connectivity index is 3.01. The van der Waals surface area contributed by atoms with E-state index in [0.29, 0.717) is 0 Å². The van der Waals surface area contributed by atoms with Crippen LogP contribution in [0, 0.1) is 5.82 Å². The molecule has 0 amide bonds. The molecule has 0 aliphatic heterocycles. The van der Waals surface area contributed by atoms with Gasteiger partial charge >= 0.3 is 5.97 Å². The first-order valence-corrected chi connectivity index (χ1v) is 5.37. The third-order valence-electron chi connectivity index (χ3n) is 2.53. The van der Waals surface area contributed by atoms with Crippen LogP contribution in [0.3, 0.4) is 0 Å². The molecule has 0 aliphatic rings. The Hall–Kier alpha value is -2.15. The van der Waals surface area contributed by atoms with Crippen LogP contribution in [0.4, 0.5) is 4.39 Å². The predicted octanol–water partition coefficient (Wildman–Crippen LogP) is 1.62. The Morgan fingerprint density at radius 2 is 2.16 bits per heavy atom. The van der Waals surface area contributed by atoms with Crippen molar-refractivity contribution in [1.82, 2.24) is 0 Å². The number of carbonyl (C=O) groups is 1. The fourth-order valence-electron chi connectivity index (χ4n) is 1.61. The topological polar surface area (TPSA) is 127 Å². The summed E-state index contributed by atoms with van der Waals surface area (Å²) in [5, 5.41) is 31.5. The van der Waals surface area contributed by atoms with Crippen molar-refractivity contribution in [1.29, 1.82) is 0 Å². The predicted molar refractivity (Wildman–Crippen MR) is 63.0 cm³/mol. The number of carboxylic acid groups (broad SMARTS) is 1. The van der Waals surface area contributed by atoms with Gasteiger partial charge in [0.15, 0.2) is 0 Å². The van der Waals surface area contributed by atoms with E-state index in [0.717, 1.165) is 12.1 Å². The first-order valence-electron chi connectivity index (χ1n) is 5.37. The number of aliphatic hydroxyl groups is 2. The van der Waals surface area contributed by atoms with Crippen molar-refractivity contribution in [2.24, 2.45) is 5.11 Å². The van der Waals surface area contributed by atoms with Crippen molar-refractivity contribution in [2.75, 3.05) is 6.54 Å². The molecule has 2 unspecified atom stereocenters. The number of benzene rings is 1. The fourth-order valence-corrected chi connectivity index (χ4v) is 1.61. The number of azide groups is 1. The quantitative estimate of drug-likeness (QED) is 0.412. The highest BCUT2D eigenvalue weighted by Gasteiger charge is 2.26. The van der Waals surface area contributed by atoms with Gasteiger partial charge in [-0.1, -0.05) is 11.2 Å². The molecule has 0 aromatic heterocycles. The standard InChI is InChI=1S/C11H12FN3O4/c12-7-3-1-2-6(11(18)19)9(7)10(17)8(16)4-5-14-15-13/h1-3,8,10,16-17H,4-5H2,(H,18,19). The van der Waals surface area contributed by atoms with Crippen molar-refractivity contribution in [2.45, 2.75) is 18.6 Å². The lowest BCUT2D eigenvalue weighted by Gasteiger charge is -2.19. The summed E-state index contributed by atoms with van der Waals surface area (Å²) in [6.45, 7) is -0.0917. The molecule has 8 heteroatoms. The molecule has 0 bridgehead atoms. The molecule has 0 radical (unpaired) electrons. The molecule has 0 heterocycles. The second-order valence-corrected chi connectivity index (χ2v) is 3.76. The highest BCUT2D eigenvalue weighted by molar-refractivity contribution is 5.89. The van der Waals surface area contributed by atoms with E-state index in [2.05, 4.69) is 10.0 Å². The van der Waals surface area contributed by atoms with Crippen molar-refractivity contribution in [3.63, 3.8) is 0 Å². The number of hydrogen-bond donors (Lipinski definition) is 3. The third kappa shape index (κ3) is 3.65. The summed E-state index contributed by atoms with van der Waals surface area (Å²) in [6.07, 6.45) is -3.25. The highest BCUT2D eigenvalue weighted by Crippen LogP contribution is 2.25. The summed E-state index contributed by atoms with van der Waals surface area (Å²) in [7, 11) is 0. The minimum Gasteiger partial charge on any atom is -0.478 e. The molecule has 0 spiro atoms. The van der Waals surface area contributed by atoms with Gasteiger partial charge in [0.05, 0.1) is 11.7 Å². The molecule has 0 fully saturated rings. The van der Waals surface area contributed by atoms with E-state index in [1.165, 1.54) is 6.07 Å². The van der Waals surface area contributed by atoms with Gasteiger partial charge in [-0.05, 0) is 24.1 Å². The molecule has 0 saturated heterocycles. The average molecular weight is 269 g/mol. The fraction of sp³-hybridized carbons (Fsp3) is 0.364. The van der Waals surface area contributed by atoms with Crippen molar-refractivity contribution in [3.05, 3.63) is 45.6 Å². The van der Waals surface area contributed by atoms with E-state index in [-0.39, 0.29) is 13.0 Å². The second-order valence-electron chi connectivity index (χ2n) is 3.76. The number of hydrogen-bond acceptors (Lipinski definition) is 4. The van der Waals surface area contributed by atoms with Crippen LogP contribution in [0.5, 0.6) is 0 Å². The molecular weight excluding hydrogens is 257 g/mol. The van der Waals surface area contributed by atoms with E-state index >= 15 is 0 Å². The molecule has 7 nitrogen and oxygen atoms in total. The lowest BCUT2D eigenvalue weighted by molar-refractivity contribution is 0.0120. The second kappa shape index (κ2) is 6.69. The molecule has 0 saturated carbocycles. The molecule has 102 valence electrons. The number of carboxylic acids is 1. The lowest BCUT2D eigenvalue weighted by Crippen LogP contribution is -2.22. The highest BCUT2D eigenvalue weighted by atomic mass is 19.1. The van der Waals surface area contributed by atoms with Crippen LogP contribution in [0.25, 0.3) is 10.4 Å². The minimum absolute atomic E-state index is 0.0917. The molecule has 0 aliphatic carbocycles. The van der Waals surface area contributed by atoms with Gasteiger partial charge in [0, 0.05) is 17.0 Å². The van der Waals surface area contributed by atoms with Crippen LogP contribution >= 0.6 is 0 Å². The monoisotopic (exact) mass is 269 g/mol. The third-order valence-corrected chi connectivity index (χ3v) is 2.53. The van der Waals surface area contributed by atoms with Crippen LogP contribution in [0.1, 0.15) is 28.4 Å². The van der Waals surface area contributed by atoms with Crippen LogP contribution < -0.4 is 0 Å². The van der Waals surface area contributed by atoms with Crippen LogP contribution in [0.2, 0.25) is 0 Å². The van der Waals surface area contributed by atoms with Crippen molar-refractivity contribution < 1.29 is 24.5 Å². The first-order chi connectivity index (χ1) is 8.99. The maximum atomic E-state index is 13.6. The van der Waals surface area contributed by atoms with Crippen LogP contribution in [-0.2, 0) is 0 Å². The maximum absolute atomic E-state index is 13.6. The van der Waals surface area contributed by atoms with Gasteiger partial charge in [-0.3, -0.25) is 0 Å². The van der Waals surface area contributed by atoms with E-state index in [9.17, 15) is 19.4 Å². The first kappa shape index (κ1) is 14.9. The number of nitrogens with zero attached hydrogens (tertiary/aromatic N) is 3. The number of aromatic carboxylic acids is 1. The van der Waals surface area contributed by atoms with Gasteiger partial charge in [-0.2, -0.15) is 0 Å². The zero-order valence-corrected chi connectivity index (χ0v) is 9.77. The van der Waals surface area contributed by atoms with Crippen LogP contribution in [0.15, 0.2) is 23.3 Å². The summed E-state index contributed by atoms with van der Waals surface area (Å²) < 4.78 is 13.6. The SMILES string of the molecule is [N-]=[N+]=NCCC(O)C(O)c1c(F)cccc1C(=O)O. The summed E-state index contributed by atoms with van der Waals surface area (Å²) in [5.41, 5.74) is 7.17. The zero-order valence-electron chi connectivity index (χ0n) is 9.77. The summed E-state index contributed by atoms with van der Waals surface area (Å²) in [5.74, 6) is -2.33. The van der Waals surface area contributed by atoms with E-state index in [4.69, 9.17) is 10.6 Å². The summed E-state index contributed by atoms with van der Waals surface area (Å²) in [6, 6.07) is 3.32. The molecule has 2 atom stereocenters. The van der Waals surface area contributed by atoms with E-state index in [1.54, 1.807) is 0 Å². The van der Waals surface area contributed by atoms with Gasteiger partial charge in [0.2, 0.25) is 0 Å². The molecular formula is C11H12FN3O4.